The first kappa shape index (κ1) is 14.4. The molecule has 0 aliphatic rings. The zero-order valence-corrected chi connectivity index (χ0v) is 12.1. The minimum Gasteiger partial charge on any atom is -0.347 e. The Morgan fingerprint density at radius 3 is 1.61 bits per heavy atom. The summed E-state index contributed by atoms with van der Waals surface area (Å²) < 4.78 is 0. The summed E-state index contributed by atoms with van der Waals surface area (Å²) in [6.45, 7) is 5.71. The third kappa shape index (κ3) is 3.43. The second-order valence-electron chi connectivity index (χ2n) is 4.28. The van der Waals surface area contributed by atoms with Gasteiger partial charge in [-0.1, -0.05) is 6.92 Å². The van der Waals surface area contributed by atoms with Gasteiger partial charge in [0, 0.05) is 41.3 Å². The maximum Gasteiger partial charge on any atom is 0.246 e. The smallest absolute Gasteiger partial charge is 0.246 e. The summed E-state index contributed by atoms with van der Waals surface area (Å²) >= 11 is 0. The summed E-state index contributed by atoms with van der Waals surface area (Å²) in [5, 5.41) is 1.92. The second-order valence-corrected chi connectivity index (χ2v) is 4.28. The van der Waals surface area contributed by atoms with Gasteiger partial charge in [0.05, 0.1) is 0 Å². The maximum atomic E-state index is 4.45. The van der Waals surface area contributed by atoms with Crippen molar-refractivity contribution in [2.24, 2.45) is 0 Å². The topological polar surface area (TPSA) is 60.4 Å². The van der Waals surface area contributed by atoms with E-state index in [0.29, 0.717) is 17.8 Å². The first-order valence-corrected chi connectivity index (χ1v) is 6.11. The Bertz CT molecular complexity index is 351. The highest BCUT2D eigenvalue weighted by Crippen LogP contribution is 2.15. The molecule has 0 fully saturated rings. The summed E-state index contributed by atoms with van der Waals surface area (Å²) in [7, 11) is 7.67. The van der Waals surface area contributed by atoms with Gasteiger partial charge in [-0.25, -0.2) is 5.43 Å². The summed E-state index contributed by atoms with van der Waals surface area (Å²) in [6.07, 6.45) is 0. The lowest BCUT2D eigenvalue weighted by atomic mass is 10.6. The monoisotopic (exact) mass is 253 g/mol. The third-order valence-corrected chi connectivity index (χ3v) is 2.31. The molecule has 0 aliphatic heterocycles. The van der Waals surface area contributed by atoms with Gasteiger partial charge in [0.1, 0.15) is 0 Å². The van der Waals surface area contributed by atoms with Gasteiger partial charge in [-0.2, -0.15) is 15.0 Å². The van der Waals surface area contributed by atoms with E-state index in [1.165, 1.54) is 0 Å². The number of nitrogens with one attached hydrogen (secondary N) is 1. The van der Waals surface area contributed by atoms with Crippen molar-refractivity contribution >= 4 is 17.8 Å². The van der Waals surface area contributed by atoms with E-state index in [1.807, 2.05) is 49.9 Å². The highest BCUT2D eigenvalue weighted by Gasteiger charge is 2.13. The van der Waals surface area contributed by atoms with Crippen LogP contribution in [0.25, 0.3) is 0 Å². The summed E-state index contributed by atoms with van der Waals surface area (Å²) in [6, 6.07) is 0. The van der Waals surface area contributed by atoms with Crippen LogP contribution in [0, 0.1) is 0 Å². The minimum absolute atomic E-state index is 0.641. The van der Waals surface area contributed by atoms with Crippen molar-refractivity contribution in [3.8, 4) is 0 Å². The quantitative estimate of drug-likeness (QED) is 0.734. The lowest BCUT2D eigenvalue weighted by Crippen LogP contribution is -2.39. The van der Waals surface area contributed by atoms with Gasteiger partial charge in [0.2, 0.25) is 17.8 Å². The second kappa shape index (κ2) is 6.34. The Balaban J connectivity index is 3.16. The molecule has 0 aromatic carbocycles. The van der Waals surface area contributed by atoms with Crippen molar-refractivity contribution in [2.45, 2.75) is 13.8 Å². The molecule has 7 nitrogen and oxygen atoms in total. The van der Waals surface area contributed by atoms with Crippen LogP contribution in [0.15, 0.2) is 0 Å². The Hall–Kier alpha value is -1.63. The van der Waals surface area contributed by atoms with E-state index in [9.17, 15) is 0 Å². The number of hydrogen-bond acceptors (Lipinski definition) is 7. The maximum absolute atomic E-state index is 4.45. The van der Waals surface area contributed by atoms with E-state index in [0.717, 1.165) is 13.1 Å². The molecule has 1 N–H and O–H groups in total. The van der Waals surface area contributed by atoms with Crippen molar-refractivity contribution < 1.29 is 0 Å². The van der Waals surface area contributed by atoms with Crippen molar-refractivity contribution in [1.29, 1.82) is 0 Å². The molecule has 1 heterocycles. The van der Waals surface area contributed by atoms with Gasteiger partial charge in [0.25, 0.3) is 0 Å². The average Bonchev–Trinajstić information content (AvgIpc) is 2.35. The summed E-state index contributed by atoms with van der Waals surface area (Å²) in [4.78, 5) is 17.0. The number of hydrazine groups is 1. The number of aromatic nitrogens is 3. The molecule has 18 heavy (non-hydrogen) atoms. The molecule has 0 bridgehead atoms. The minimum atomic E-state index is 0.641. The van der Waals surface area contributed by atoms with E-state index >= 15 is 0 Å². The summed E-state index contributed by atoms with van der Waals surface area (Å²) in [5.74, 6) is 1.95. The fourth-order valence-electron chi connectivity index (χ4n) is 1.38. The van der Waals surface area contributed by atoms with Gasteiger partial charge in [-0.15, -0.1) is 0 Å². The van der Waals surface area contributed by atoms with Crippen LogP contribution in [-0.2, 0) is 0 Å². The molecule has 1 aromatic rings. The van der Waals surface area contributed by atoms with Crippen LogP contribution < -0.4 is 20.2 Å². The predicted molar refractivity (Wildman–Crippen MR) is 75.2 cm³/mol. The third-order valence-electron chi connectivity index (χ3n) is 2.31. The largest absolute Gasteiger partial charge is 0.347 e. The zero-order chi connectivity index (χ0) is 13.7. The Morgan fingerprint density at radius 1 is 0.833 bits per heavy atom. The Kier molecular flexibility index (Phi) is 5.08. The average molecular weight is 253 g/mol. The van der Waals surface area contributed by atoms with E-state index in [-0.39, 0.29) is 0 Å². The predicted octanol–water partition coefficient (Wildman–Crippen LogP) is 0.354. The number of anilines is 3. The molecule has 0 aliphatic carbocycles. The van der Waals surface area contributed by atoms with E-state index in [4.69, 9.17) is 0 Å². The lowest BCUT2D eigenvalue weighted by molar-refractivity contribution is 0.640. The Morgan fingerprint density at radius 2 is 1.28 bits per heavy atom. The molecule has 7 heteroatoms. The number of hydrogen-bond donors (Lipinski definition) is 1. The van der Waals surface area contributed by atoms with Crippen molar-refractivity contribution in [2.75, 3.05) is 56.1 Å². The van der Waals surface area contributed by atoms with Crippen LogP contribution >= 0.6 is 0 Å². The molecule has 0 amide bonds. The van der Waals surface area contributed by atoms with Crippen LogP contribution in [0.3, 0.4) is 0 Å². The molecule has 1 rings (SSSR count). The number of nitrogens with zero attached hydrogens (tertiary/aromatic N) is 6. The molecular formula is C11H23N7. The fraction of sp³-hybridized carbons (Fsp3) is 0.727. The SMILES string of the molecule is CCNN(CC)c1nc(N(C)C)nc(N(C)C)n1. The van der Waals surface area contributed by atoms with Crippen LogP contribution in [0.2, 0.25) is 0 Å². The van der Waals surface area contributed by atoms with Crippen molar-refractivity contribution in [1.82, 2.24) is 20.4 Å². The first-order chi connectivity index (χ1) is 8.49. The zero-order valence-electron chi connectivity index (χ0n) is 12.1. The molecule has 102 valence electrons. The van der Waals surface area contributed by atoms with Gasteiger partial charge < -0.3 is 9.80 Å². The standard InChI is InChI=1S/C11H23N7/c1-7-12-18(8-2)11-14-9(16(3)4)13-10(15-11)17(5)6/h12H,7-8H2,1-6H3. The van der Waals surface area contributed by atoms with Gasteiger partial charge in [-0.05, 0) is 6.92 Å². The Labute approximate surface area is 109 Å². The number of rotatable bonds is 6. The molecule has 0 saturated heterocycles. The normalized spacial score (nSPS) is 10.3. The van der Waals surface area contributed by atoms with Crippen LogP contribution in [0.1, 0.15) is 13.8 Å². The molecule has 0 radical (unpaired) electrons. The van der Waals surface area contributed by atoms with Crippen molar-refractivity contribution in [3.05, 3.63) is 0 Å². The lowest BCUT2D eigenvalue weighted by Gasteiger charge is -2.23. The van der Waals surface area contributed by atoms with Crippen LogP contribution in [0.4, 0.5) is 17.8 Å². The molecule has 0 spiro atoms. The van der Waals surface area contributed by atoms with Crippen LogP contribution in [0.5, 0.6) is 0 Å². The van der Waals surface area contributed by atoms with E-state index in [1.54, 1.807) is 0 Å². The molecule has 0 saturated carbocycles. The molecule has 0 unspecified atom stereocenters. The molecule has 1 aromatic heterocycles. The van der Waals surface area contributed by atoms with Gasteiger partial charge >= 0.3 is 0 Å². The molecular weight excluding hydrogens is 230 g/mol. The highest BCUT2D eigenvalue weighted by molar-refractivity contribution is 5.44. The van der Waals surface area contributed by atoms with Crippen LogP contribution in [-0.4, -0.2) is 56.2 Å². The van der Waals surface area contributed by atoms with Gasteiger partial charge in [-0.3, -0.25) is 5.01 Å². The molecule has 0 atom stereocenters. The summed E-state index contributed by atoms with van der Waals surface area (Å²) in [5.41, 5.74) is 3.22. The fourth-order valence-corrected chi connectivity index (χ4v) is 1.38. The highest BCUT2D eigenvalue weighted by atomic mass is 15.6. The van der Waals surface area contributed by atoms with Crippen molar-refractivity contribution in [3.63, 3.8) is 0 Å². The van der Waals surface area contributed by atoms with Gasteiger partial charge in [0.15, 0.2) is 0 Å². The van der Waals surface area contributed by atoms with E-state index in [2.05, 4.69) is 27.3 Å². The van der Waals surface area contributed by atoms with E-state index < -0.39 is 0 Å². The first-order valence-electron chi connectivity index (χ1n) is 6.11.